The number of nitrogens with zero attached hydrogens (tertiary/aromatic N) is 3. The molecule has 0 unspecified atom stereocenters. The van der Waals surface area contributed by atoms with Gasteiger partial charge in [-0.3, -0.25) is 4.90 Å². The van der Waals surface area contributed by atoms with Crippen LogP contribution in [0.15, 0.2) is 11.4 Å². The van der Waals surface area contributed by atoms with Crippen LogP contribution in [0.4, 0.5) is 19.0 Å². The molecule has 0 saturated heterocycles. The third-order valence-corrected chi connectivity index (χ3v) is 3.63. The van der Waals surface area contributed by atoms with E-state index in [9.17, 15) is 13.2 Å². The normalized spacial score (nSPS) is 12.3. The van der Waals surface area contributed by atoms with E-state index in [-0.39, 0.29) is 6.54 Å². The lowest BCUT2D eigenvalue weighted by molar-refractivity contribution is -0.146. The Bertz CT molecular complexity index is 582. The Kier molecular flexibility index (Phi) is 4.44. The van der Waals surface area contributed by atoms with Crippen LogP contribution in [-0.4, -0.2) is 41.2 Å². The third kappa shape index (κ3) is 3.57. The quantitative estimate of drug-likeness (QED) is 0.921. The molecule has 0 bridgehead atoms. The predicted octanol–water partition coefficient (Wildman–Crippen LogP) is 3.12. The van der Waals surface area contributed by atoms with Gasteiger partial charge < -0.3 is 5.32 Å². The van der Waals surface area contributed by atoms with Crippen LogP contribution in [0.25, 0.3) is 10.2 Å². The van der Waals surface area contributed by atoms with E-state index in [1.165, 1.54) is 16.2 Å². The molecule has 0 aliphatic rings. The Morgan fingerprint density at radius 1 is 1.35 bits per heavy atom. The van der Waals surface area contributed by atoms with E-state index in [0.717, 1.165) is 10.2 Å². The molecule has 4 nitrogen and oxygen atoms in total. The van der Waals surface area contributed by atoms with E-state index < -0.39 is 12.7 Å². The van der Waals surface area contributed by atoms with Crippen LogP contribution >= 0.6 is 11.3 Å². The van der Waals surface area contributed by atoms with Crippen LogP contribution in [0, 0.1) is 0 Å². The van der Waals surface area contributed by atoms with Gasteiger partial charge in [-0.2, -0.15) is 13.2 Å². The van der Waals surface area contributed by atoms with Crippen molar-refractivity contribution in [1.82, 2.24) is 14.9 Å². The van der Waals surface area contributed by atoms with Crippen molar-refractivity contribution >= 4 is 27.4 Å². The zero-order valence-corrected chi connectivity index (χ0v) is 12.0. The number of fused-ring (bicyclic) bond motifs is 1. The summed E-state index contributed by atoms with van der Waals surface area (Å²) in [4.78, 5) is 10.7. The zero-order chi connectivity index (χ0) is 14.8. The molecule has 8 heteroatoms. The van der Waals surface area contributed by atoms with Crippen molar-refractivity contribution in [2.24, 2.45) is 0 Å². The molecule has 0 atom stereocenters. The predicted molar refractivity (Wildman–Crippen MR) is 74.0 cm³/mol. The Hall–Kier alpha value is -1.41. The van der Waals surface area contributed by atoms with E-state index >= 15 is 0 Å². The van der Waals surface area contributed by atoms with Gasteiger partial charge in [0.2, 0.25) is 0 Å². The molecular weight excluding hydrogens is 289 g/mol. The zero-order valence-electron chi connectivity index (χ0n) is 11.2. The molecular formula is C12H15F3N4S. The molecule has 0 aliphatic carbocycles. The fraction of sp³-hybridized carbons (Fsp3) is 0.500. The third-order valence-electron chi connectivity index (χ3n) is 2.82. The molecule has 0 aromatic carbocycles. The number of nitrogens with one attached hydrogen (secondary N) is 1. The lowest BCUT2D eigenvalue weighted by atomic mass is 10.3. The van der Waals surface area contributed by atoms with Crippen molar-refractivity contribution in [3.8, 4) is 0 Å². The first kappa shape index (κ1) is 15.0. The SMILES string of the molecule is CCN(Cc1nc(NC)c2ccsc2n1)CC(F)(F)F. The number of anilines is 1. The smallest absolute Gasteiger partial charge is 0.372 e. The molecule has 110 valence electrons. The highest BCUT2D eigenvalue weighted by molar-refractivity contribution is 7.16. The maximum atomic E-state index is 12.5. The summed E-state index contributed by atoms with van der Waals surface area (Å²) in [6.07, 6.45) is -4.21. The van der Waals surface area contributed by atoms with Crippen molar-refractivity contribution in [3.05, 3.63) is 17.3 Å². The van der Waals surface area contributed by atoms with E-state index in [1.807, 2.05) is 11.4 Å². The van der Waals surface area contributed by atoms with Gasteiger partial charge in [0.1, 0.15) is 16.5 Å². The van der Waals surface area contributed by atoms with Crippen LogP contribution in [0.1, 0.15) is 12.7 Å². The molecule has 0 aliphatic heterocycles. The summed E-state index contributed by atoms with van der Waals surface area (Å²) in [6, 6.07) is 1.89. The Morgan fingerprint density at radius 2 is 2.10 bits per heavy atom. The topological polar surface area (TPSA) is 41.1 Å². The van der Waals surface area contributed by atoms with Gasteiger partial charge in [-0.25, -0.2) is 9.97 Å². The first-order valence-corrected chi connectivity index (χ1v) is 7.02. The summed E-state index contributed by atoms with van der Waals surface area (Å²) in [7, 11) is 1.73. The lowest BCUT2D eigenvalue weighted by Gasteiger charge is -2.21. The largest absolute Gasteiger partial charge is 0.401 e. The van der Waals surface area contributed by atoms with Gasteiger partial charge in [0.05, 0.1) is 18.5 Å². The number of thiophene rings is 1. The second-order valence-corrected chi connectivity index (χ2v) is 5.19. The van der Waals surface area contributed by atoms with Crippen molar-refractivity contribution < 1.29 is 13.2 Å². The molecule has 20 heavy (non-hydrogen) atoms. The maximum Gasteiger partial charge on any atom is 0.401 e. The average molecular weight is 304 g/mol. The Balaban J connectivity index is 2.23. The number of aromatic nitrogens is 2. The summed E-state index contributed by atoms with van der Waals surface area (Å²) in [5.41, 5.74) is 0. The fourth-order valence-corrected chi connectivity index (χ4v) is 2.68. The fourth-order valence-electron chi connectivity index (χ4n) is 1.89. The van der Waals surface area contributed by atoms with Crippen LogP contribution < -0.4 is 5.32 Å². The minimum Gasteiger partial charge on any atom is -0.372 e. The minimum absolute atomic E-state index is 0.0819. The van der Waals surface area contributed by atoms with Gasteiger partial charge in [-0.05, 0) is 18.0 Å². The molecule has 0 spiro atoms. The van der Waals surface area contributed by atoms with Crippen molar-refractivity contribution in [2.45, 2.75) is 19.6 Å². The van der Waals surface area contributed by atoms with Crippen LogP contribution in [0.5, 0.6) is 0 Å². The highest BCUT2D eigenvalue weighted by atomic mass is 32.1. The molecule has 2 heterocycles. The molecule has 0 fully saturated rings. The van der Waals surface area contributed by atoms with Gasteiger partial charge in [-0.1, -0.05) is 6.92 Å². The monoisotopic (exact) mass is 304 g/mol. The van der Waals surface area contributed by atoms with E-state index in [2.05, 4.69) is 15.3 Å². The van der Waals surface area contributed by atoms with Crippen LogP contribution in [-0.2, 0) is 6.54 Å². The molecule has 0 radical (unpaired) electrons. The van der Waals surface area contributed by atoms with Gasteiger partial charge in [0.15, 0.2) is 0 Å². The first-order valence-electron chi connectivity index (χ1n) is 6.14. The Labute approximate surface area is 118 Å². The van der Waals surface area contributed by atoms with E-state index in [1.54, 1.807) is 14.0 Å². The second-order valence-electron chi connectivity index (χ2n) is 4.30. The van der Waals surface area contributed by atoms with Crippen LogP contribution in [0.3, 0.4) is 0 Å². The number of alkyl halides is 3. The average Bonchev–Trinajstić information content (AvgIpc) is 2.83. The van der Waals surface area contributed by atoms with Crippen LogP contribution in [0.2, 0.25) is 0 Å². The number of hydrogen-bond acceptors (Lipinski definition) is 5. The van der Waals surface area contributed by atoms with Gasteiger partial charge in [-0.15, -0.1) is 11.3 Å². The van der Waals surface area contributed by atoms with Crippen molar-refractivity contribution in [1.29, 1.82) is 0 Å². The number of hydrogen-bond donors (Lipinski definition) is 1. The number of halogens is 3. The molecule has 2 aromatic heterocycles. The second kappa shape index (κ2) is 5.92. The van der Waals surface area contributed by atoms with E-state index in [4.69, 9.17) is 0 Å². The molecule has 1 N–H and O–H groups in total. The molecule has 0 saturated carbocycles. The summed E-state index contributed by atoms with van der Waals surface area (Å²) >= 11 is 1.45. The summed E-state index contributed by atoms with van der Waals surface area (Å²) in [5.74, 6) is 1.05. The van der Waals surface area contributed by atoms with Gasteiger partial charge in [0, 0.05) is 7.05 Å². The molecule has 0 amide bonds. The van der Waals surface area contributed by atoms with Crippen molar-refractivity contribution in [3.63, 3.8) is 0 Å². The molecule has 2 aromatic rings. The highest BCUT2D eigenvalue weighted by Crippen LogP contribution is 2.25. The highest BCUT2D eigenvalue weighted by Gasteiger charge is 2.30. The first-order chi connectivity index (χ1) is 9.43. The Morgan fingerprint density at radius 3 is 2.70 bits per heavy atom. The standard InChI is InChI=1S/C12H15F3N4S/c1-3-19(7-12(13,14)15)6-9-17-10(16-2)8-4-5-20-11(8)18-9/h4-5H,3,6-7H2,1-2H3,(H,16,17,18). The summed E-state index contributed by atoms with van der Waals surface area (Å²) in [5, 5.41) is 5.73. The summed E-state index contributed by atoms with van der Waals surface area (Å²) < 4.78 is 37.4. The van der Waals surface area contributed by atoms with Gasteiger partial charge >= 0.3 is 6.18 Å². The van der Waals surface area contributed by atoms with Crippen molar-refractivity contribution in [2.75, 3.05) is 25.5 Å². The number of rotatable bonds is 5. The van der Waals surface area contributed by atoms with E-state index in [0.29, 0.717) is 18.2 Å². The van der Waals surface area contributed by atoms with Gasteiger partial charge in [0.25, 0.3) is 0 Å². The maximum absolute atomic E-state index is 12.5. The lowest BCUT2D eigenvalue weighted by Crippen LogP contribution is -2.34. The molecule has 2 rings (SSSR count). The summed E-state index contributed by atoms with van der Waals surface area (Å²) in [6.45, 7) is 1.11. The minimum atomic E-state index is -4.21.